The number of piperazine rings is 1. The second-order valence-electron chi connectivity index (χ2n) is 14.9. The molecule has 5 amide bonds. The maximum Gasteiger partial charge on any atom is 0.327 e. The van der Waals surface area contributed by atoms with Gasteiger partial charge in [-0.1, -0.05) is 58.4 Å². The van der Waals surface area contributed by atoms with Gasteiger partial charge in [-0.05, 0) is 59.7 Å². The third-order valence-corrected chi connectivity index (χ3v) is 8.57. The Morgan fingerprint density at radius 2 is 1.15 bits per heavy atom. The first-order valence-corrected chi connectivity index (χ1v) is 18.0. The molecule has 0 aromatic heterocycles. The Bertz CT molecular complexity index is 1570. The number of amides is 5. The second kappa shape index (κ2) is 19.9. The topological polar surface area (TPSA) is 210 Å². The number of benzene rings is 2. The van der Waals surface area contributed by atoms with Gasteiger partial charge in [0.2, 0.25) is 17.7 Å². The third-order valence-electron chi connectivity index (χ3n) is 8.32. The standard InChI is InChI=1S/C37H52ClN7O8/c1-23(2)18-28(41-31(46)19-24-6-10-26(11-7-24)39-36(53)40-27-12-8-25(38)9-13-27)33(48)43-30(35(51)52)22-45-16-14-44(15-17-45)21-29(34(49)50)42-32(47)20-37(3,4)5/h6-13,23,28-30H,14-22H2,1-5H3,(H,41,46)(H,42,47)(H,43,48)(H,49,50)(H,51,52)(H2,39,40,53). The normalized spacial score (nSPS) is 15.5. The van der Waals surface area contributed by atoms with Crippen LogP contribution < -0.4 is 26.6 Å². The number of aliphatic carboxylic acids is 2. The molecule has 53 heavy (non-hydrogen) atoms. The summed E-state index contributed by atoms with van der Waals surface area (Å²) in [5.74, 6) is -3.72. The minimum Gasteiger partial charge on any atom is -0.480 e. The smallest absolute Gasteiger partial charge is 0.327 e. The van der Waals surface area contributed by atoms with Crippen LogP contribution in [0.15, 0.2) is 48.5 Å². The minimum atomic E-state index is -1.25. The molecule has 3 unspecified atom stereocenters. The highest BCUT2D eigenvalue weighted by Gasteiger charge is 2.31. The van der Waals surface area contributed by atoms with Gasteiger partial charge in [0.1, 0.15) is 18.1 Å². The highest BCUT2D eigenvalue weighted by molar-refractivity contribution is 6.30. The number of carbonyl (C=O) groups excluding carboxylic acids is 4. The molecule has 2 aromatic rings. The van der Waals surface area contributed by atoms with E-state index in [-0.39, 0.29) is 49.6 Å². The molecule has 3 atom stereocenters. The lowest BCUT2D eigenvalue weighted by molar-refractivity contribution is -0.143. The first-order chi connectivity index (χ1) is 24.9. The number of hydrogen-bond acceptors (Lipinski definition) is 8. The summed E-state index contributed by atoms with van der Waals surface area (Å²) in [5, 5.41) is 33.5. The Hall–Kier alpha value is -4.73. The van der Waals surface area contributed by atoms with Crippen LogP contribution in [0.5, 0.6) is 0 Å². The number of urea groups is 1. The van der Waals surface area contributed by atoms with Gasteiger partial charge in [0.25, 0.3) is 0 Å². The first-order valence-electron chi connectivity index (χ1n) is 17.6. The van der Waals surface area contributed by atoms with Crippen LogP contribution in [0.4, 0.5) is 16.2 Å². The summed E-state index contributed by atoms with van der Waals surface area (Å²) in [6, 6.07) is 9.56. The predicted molar refractivity (Wildman–Crippen MR) is 202 cm³/mol. The Kier molecular flexibility index (Phi) is 16.0. The molecule has 7 N–H and O–H groups in total. The molecule has 16 heteroatoms. The quantitative estimate of drug-likeness (QED) is 0.125. The molecule has 1 aliphatic heterocycles. The van der Waals surface area contributed by atoms with E-state index in [9.17, 15) is 39.0 Å². The average molecular weight is 758 g/mol. The molecule has 0 saturated carbocycles. The maximum absolute atomic E-state index is 13.4. The molecule has 15 nitrogen and oxygen atoms in total. The zero-order valence-electron chi connectivity index (χ0n) is 30.9. The Labute approximate surface area is 315 Å². The number of nitrogens with zero attached hydrogens (tertiary/aromatic N) is 2. The molecule has 1 aliphatic rings. The number of anilines is 2. The van der Waals surface area contributed by atoms with Crippen LogP contribution in [0.1, 0.15) is 53.0 Å². The van der Waals surface area contributed by atoms with E-state index in [4.69, 9.17) is 11.6 Å². The molecule has 0 spiro atoms. The van der Waals surface area contributed by atoms with E-state index < -0.39 is 47.9 Å². The summed E-state index contributed by atoms with van der Waals surface area (Å²) in [6.45, 7) is 11.3. The fraction of sp³-hybridized carbons (Fsp3) is 0.514. The summed E-state index contributed by atoms with van der Waals surface area (Å²) >= 11 is 5.88. The van der Waals surface area contributed by atoms with Crippen molar-refractivity contribution in [2.24, 2.45) is 11.3 Å². The van der Waals surface area contributed by atoms with E-state index in [1.165, 1.54) is 0 Å². The van der Waals surface area contributed by atoms with Crippen LogP contribution >= 0.6 is 11.6 Å². The summed E-state index contributed by atoms with van der Waals surface area (Å²) in [4.78, 5) is 78.9. The van der Waals surface area contributed by atoms with Crippen molar-refractivity contribution in [1.82, 2.24) is 25.8 Å². The molecule has 0 bridgehead atoms. The van der Waals surface area contributed by atoms with Crippen molar-refractivity contribution >= 4 is 58.7 Å². The number of halogens is 1. The van der Waals surface area contributed by atoms with Crippen LogP contribution in [0.25, 0.3) is 0 Å². The van der Waals surface area contributed by atoms with Gasteiger partial charge in [-0.25, -0.2) is 14.4 Å². The van der Waals surface area contributed by atoms with Crippen molar-refractivity contribution in [3.8, 4) is 0 Å². The monoisotopic (exact) mass is 757 g/mol. The zero-order valence-corrected chi connectivity index (χ0v) is 31.7. The number of carboxylic acid groups (broad SMARTS) is 2. The van der Waals surface area contributed by atoms with Crippen molar-refractivity contribution < 1.29 is 39.0 Å². The van der Waals surface area contributed by atoms with Gasteiger partial charge in [0.15, 0.2) is 0 Å². The van der Waals surface area contributed by atoms with E-state index in [0.717, 1.165) is 0 Å². The lowest BCUT2D eigenvalue weighted by atomic mass is 9.92. The second-order valence-corrected chi connectivity index (χ2v) is 15.3. The average Bonchev–Trinajstić information content (AvgIpc) is 3.05. The van der Waals surface area contributed by atoms with Crippen molar-refractivity contribution in [2.75, 3.05) is 49.9 Å². The lowest BCUT2D eigenvalue weighted by Gasteiger charge is -2.37. The molecule has 0 radical (unpaired) electrons. The minimum absolute atomic E-state index is 0.0136. The molecule has 290 valence electrons. The number of rotatable bonds is 17. The van der Waals surface area contributed by atoms with E-state index in [0.29, 0.717) is 48.1 Å². The van der Waals surface area contributed by atoms with Crippen molar-refractivity contribution in [2.45, 2.75) is 72.0 Å². The molecular weight excluding hydrogens is 706 g/mol. The Morgan fingerprint density at radius 3 is 1.60 bits per heavy atom. The van der Waals surface area contributed by atoms with Crippen LogP contribution in [-0.4, -0.2) is 113 Å². The predicted octanol–water partition coefficient (Wildman–Crippen LogP) is 3.25. The van der Waals surface area contributed by atoms with Crippen molar-refractivity contribution in [3.05, 3.63) is 59.1 Å². The highest BCUT2D eigenvalue weighted by atomic mass is 35.5. The molecule has 2 aromatic carbocycles. The van der Waals surface area contributed by atoms with E-state index in [2.05, 4.69) is 26.6 Å². The van der Waals surface area contributed by atoms with Gasteiger partial charge in [0.05, 0.1) is 6.42 Å². The van der Waals surface area contributed by atoms with Gasteiger partial charge >= 0.3 is 18.0 Å². The van der Waals surface area contributed by atoms with Gasteiger partial charge in [-0.15, -0.1) is 0 Å². The summed E-state index contributed by atoms with van der Waals surface area (Å²) in [7, 11) is 0. The highest BCUT2D eigenvalue weighted by Crippen LogP contribution is 2.18. The van der Waals surface area contributed by atoms with Crippen LogP contribution in [0.3, 0.4) is 0 Å². The zero-order chi connectivity index (χ0) is 39.3. The van der Waals surface area contributed by atoms with Gasteiger partial charge in [-0.3, -0.25) is 24.2 Å². The van der Waals surface area contributed by atoms with E-state index in [1.807, 2.05) is 44.4 Å². The first kappa shape index (κ1) is 42.7. The van der Waals surface area contributed by atoms with Crippen LogP contribution in [0, 0.1) is 11.3 Å². The third kappa shape index (κ3) is 15.8. The molecule has 1 heterocycles. The molecule has 0 aliphatic carbocycles. The largest absolute Gasteiger partial charge is 0.480 e. The van der Waals surface area contributed by atoms with Crippen molar-refractivity contribution in [1.29, 1.82) is 0 Å². The summed E-state index contributed by atoms with van der Waals surface area (Å²) < 4.78 is 0. The number of hydrogen-bond donors (Lipinski definition) is 7. The maximum atomic E-state index is 13.4. The SMILES string of the molecule is CC(C)CC(NC(=O)Cc1ccc(NC(=O)Nc2ccc(Cl)cc2)cc1)C(=O)NC(CN1CCN(CC(NC(=O)CC(C)(C)C)C(=O)O)CC1)C(=O)O. The van der Waals surface area contributed by atoms with Crippen LogP contribution in [0.2, 0.25) is 5.02 Å². The molecule has 1 saturated heterocycles. The Morgan fingerprint density at radius 1 is 0.698 bits per heavy atom. The van der Waals surface area contributed by atoms with Gasteiger partial charge in [-0.2, -0.15) is 0 Å². The van der Waals surface area contributed by atoms with Crippen molar-refractivity contribution in [3.63, 3.8) is 0 Å². The lowest BCUT2D eigenvalue weighted by Crippen LogP contribution is -2.58. The fourth-order valence-corrected chi connectivity index (χ4v) is 5.83. The molecule has 1 fully saturated rings. The fourth-order valence-electron chi connectivity index (χ4n) is 5.71. The summed E-state index contributed by atoms with van der Waals surface area (Å²) in [5.41, 5.74) is 1.42. The molecule has 3 rings (SSSR count). The number of carbonyl (C=O) groups is 6. The number of carboxylic acids is 2. The Balaban J connectivity index is 1.50. The van der Waals surface area contributed by atoms with Crippen LogP contribution in [-0.2, 0) is 30.4 Å². The van der Waals surface area contributed by atoms with E-state index in [1.54, 1.807) is 48.5 Å². The van der Waals surface area contributed by atoms with Gasteiger partial charge < -0.3 is 36.8 Å². The van der Waals surface area contributed by atoms with Gasteiger partial charge in [0, 0.05) is 62.1 Å². The summed E-state index contributed by atoms with van der Waals surface area (Å²) in [6.07, 6.45) is 0.427. The molecular formula is C37H52ClN7O8. The number of nitrogens with one attached hydrogen (secondary N) is 5. The van der Waals surface area contributed by atoms with E-state index >= 15 is 0 Å².